The van der Waals surface area contributed by atoms with Gasteiger partial charge in [-0.2, -0.15) is 0 Å². The number of rotatable bonds is 4. The quantitative estimate of drug-likeness (QED) is 0.829. The number of amides is 1. The van der Waals surface area contributed by atoms with Gasteiger partial charge < -0.3 is 20.1 Å². The molecule has 3 rings (SSSR count). The predicted octanol–water partition coefficient (Wildman–Crippen LogP) is 2.74. The molecule has 1 aromatic carbocycles. The van der Waals surface area contributed by atoms with Crippen molar-refractivity contribution in [3.63, 3.8) is 0 Å². The number of likely N-dealkylation sites (N-methyl/N-ethyl adjacent to an activating group) is 2. The number of piperidine rings is 1. The maximum Gasteiger partial charge on any atom is 0.407 e. The fraction of sp³-hybridized carbons (Fsp3) is 0.682. The van der Waals surface area contributed by atoms with Gasteiger partial charge in [0.1, 0.15) is 11.4 Å². The lowest BCUT2D eigenvalue weighted by molar-refractivity contribution is 0.00250. The molecule has 2 N–H and O–H groups in total. The molecule has 0 spiro atoms. The summed E-state index contributed by atoms with van der Waals surface area (Å²) in [5, 5.41) is 13.0. The summed E-state index contributed by atoms with van der Waals surface area (Å²) >= 11 is 0. The second-order valence-corrected chi connectivity index (χ2v) is 9.62. The van der Waals surface area contributed by atoms with E-state index < -0.39 is 5.60 Å². The van der Waals surface area contributed by atoms with Crippen molar-refractivity contribution in [2.45, 2.75) is 63.6 Å². The summed E-state index contributed by atoms with van der Waals surface area (Å²) in [6.07, 6.45) is 1.66. The summed E-state index contributed by atoms with van der Waals surface area (Å²) in [6, 6.07) is 6.57. The molecule has 0 aromatic heterocycles. The van der Waals surface area contributed by atoms with Gasteiger partial charge in [0.2, 0.25) is 0 Å². The third-order valence-electron chi connectivity index (χ3n) is 6.31. The Morgan fingerprint density at radius 2 is 2.14 bits per heavy atom. The summed E-state index contributed by atoms with van der Waals surface area (Å²) in [6.45, 7) is 10.3. The summed E-state index contributed by atoms with van der Waals surface area (Å²) in [7, 11) is 4.34. The second-order valence-electron chi connectivity index (χ2n) is 9.62. The van der Waals surface area contributed by atoms with E-state index in [1.165, 1.54) is 11.1 Å². The van der Waals surface area contributed by atoms with Crippen molar-refractivity contribution in [3.05, 3.63) is 29.3 Å². The van der Waals surface area contributed by atoms with Gasteiger partial charge in [-0.25, -0.2) is 4.79 Å². The normalized spacial score (nSPS) is 27.4. The molecule has 1 aliphatic carbocycles. The van der Waals surface area contributed by atoms with E-state index in [9.17, 15) is 9.90 Å². The molecule has 6 heteroatoms. The summed E-state index contributed by atoms with van der Waals surface area (Å²) in [5.74, 6) is 0.338. The molecule has 1 heterocycles. The van der Waals surface area contributed by atoms with Crippen molar-refractivity contribution in [3.8, 4) is 5.75 Å². The Morgan fingerprint density at radius 3 is 2.82 bits per heavy atom. The molecule has 0 saturated carbocycles. The van der Waals surface area contributed by atoms with Gasteiger partial charge in [-0.3, -0.25) is 4.90 Å². The Bertz CT molecular complexity index is 730. The van der Waals surface area contributed by atoms with Crippen LogP contribution in [0.1, 0.15) is 45.2 Å². The molecule has 28 heavy (non-hydrogen) atoms. The molecule has 0 radical (unpaired) electrons. The number of hydrogen-bond acceptors (Lipinski definition) is 5. The van der Waals surface area contributed by atoms with Crippen molar-refractivity contribution < 1.29 is 14.6 Å². The molecule has 6 nitrogen and oxygen atoms in total. The number of nitrogens with one attached hydrogen (secondary N) is 1. The van der Waals surface area contributed by atoms with Gasteiger partial charge in [-0.1, -0.05) is 13.0 Å². The van der Waals surface area contributed by atoms with Gasteiger partial charge in [0.05, 0.1) is 0 Å². The number of alkyl carbamates (subject to hydrolysis) is 1. The molecule has 3 unspecified atom stereocenters. The maximum absolute atomic E-state index is 11.9. The number of phenolic OH excluding ortho intramolecular Hbond substituents is 1. The number of nitrogens with zero attached hydrogens (tertiary/aromatic N) is 2. The highest BCUT2D eigenvalue weighted by Gasteiger charge is 2.51. The Morgan fingerprint density at radius 1 is 1.43 bits per heavy atom. The summed E-state index contributed by atoms with van der Waals surface area (Å²) in [5.41, 5.74) is 2.10. The molecule has 1 saturated heterocycles. The van der Waals surface area contributed by atoms with Gasteiger partial charge in [-0.15, -0.1) is 0 Å². The predicted molar refractivity (Wildman–Crippen MR) is 111 cm³/mol. The lowest BCUT2D eigenvalue weighted by Crippen LogP contribution is -2.66. The Labute approximate surface area is 168 Å². The van der Waals surface area contributed by atoms with E-state index in [0.29, 0.717) is 24.4 Å². The molecule has 1 amide bonds. The number of benzene rings is 1. The first-order valence-electron chi connectivity index (χ1n) is 10.2. The molecule has 156 valence electrons. The number of likely N-dealkylation sites (tertiary alicyclic amines) is 1. The van der Waals surface area contributed by atoms with Crippen LogP contribution in [0.25, 0.3) is 0 Å². The van der Waals surface area contributed by atoms with Crippen LogP contribution in [-0.2, 0) is 16.6 Å². The van der Waals surface area contributed by atoms with Crippen LogP contribution in [-0.4, -0.2) is 72.4 Å². The lowest BCUT2D eigenvalue weighted by Gasteiger charge is -2.57. The number of carbonyl (C=O) groups excluding carboxylic acids is 1. The average Bonchev–Trinajstić information content (AvgIpc) is 2.57. The van der Waals surface area contributed by atoms with Gasteiger partial charge in [-0.05, 0) is 77.5 Å². The highest BCUT2D eigenvalue weighted by Crippen LogP contribution is 2.47. The molecule has 1 fully saturated rings. The zero-order valence-electron chi connectivity index (χ0n) is 18.1. The number of hydrogen-bond donors (Lipinski definition) is 2. The third kappa shape index (κ3) is 4.13. The van der Waals surface area contributed by atoms with Crippen LogP contribution in [0, 0.1) is 0 Å². The van der Waals surface area contributed by atoms with Crippen LogP contribution < -0.4 is 5.32 Å². The van der Waals surface area contributed by atoms with Crippen molar-refractivity contribution in [1.82, 2.24) is 15.1 Å². The molecule has 2 bridgehead atoms. The van der Waals surface area contributed by atoms with E-state index in [1.807, 2.05) is 26.8 Å². The zero-order valence-corrected chi connectivity index (χ0v) is 18.1. The fourth-order valence-corrected chi connectivity index (χ4v) is 5.02. The van der Waals surface area contributed by atoms with E-state index >= 15 is 0 Å². The van der Waals surface area contributed by atoms with Crippen LogP contribution in [0.4, 0.5) is 4.79 Å². The molecule has 3 atom stereocenters. The number of aromatic hydroxyl groups is 1. The SMILES string of the molecule is CN1CCC2(C)c3cc(O)ccc3CC1C2N(C)CCNC(=O)OC(C)(C)C. The molecular weight excluding hydrogens is 354 g/mol. The summed E-state index contributed by atoms with van der Waals surface area (Å²) < 4.78 is 5.33. The number of phenols is 1. The first-order valence-corrected chi connectivity index (χ1v) is 10.2. The number of carbonyl (C=O) groups is 1. The van der Waals surface area contributed by atoms with Gasteiger partial charge in [0.15, 0.2) is 0 Å². The largest absolute Gasteiger partial charge is 0.508 e. The minimum absolute atomic E-state index is 0.0236. The van der Waals surface area contributed by atoms with Crippen molar-refractivity contribution in [2.75, 3.05) is 33.7 Å². The van der Waals surface area contributed by atoms with E-state index in [-0.39, 0.29) is 11.5 Å². The van der Waals surface area contributed by atoms with Crippen molar-refractivity contribution >= 4 is 6.09 Å². The van der Waals surface area contributed by atoms with Crippen LogP contribution in [0.2, 0.25) is 0 Å². The maximum atomic E-state index is 11.9. The monoisotopic (exact) mass is 389 g/mol. The number of fused-ring (bicyclic) bond motifs is 4. The first kappa shape index (κ1) is 20.9. The van der Waals surface area contributed by atoms with Gasteiger partial charge in [0, 0.05) is 30.6 Å². The Kier molecular flexibility index (Phi) is 5.65. The minimum Gasteiger partial charge on any atom is -0.508 e. The van der Waals surface area contributed by atoms with Gasteiger partial charge >= 0.3 is 6.09 Å². The highest BCUT2D eigenvalue weighted by atomic mass is 16.6. The van der Waals surface area contributed by atoms with Crippen molar-refractivity contribution in [2.24, 2.45) is 0 Å². The summed E-state index contributed by atoms with van der Waals surface area (Å²) in [4.78, 5) is 16.8. The van der Waals surface area contributed by atoms with Gasteiger partial charge in [0.25, 0.3) is 0 Å². The van der Waals surface area contributed by atoms with Crippen molar-refractivity contribution in [1.29, 1.82) is 0 Å². The van der Waals surface area contributed by atoms with E-state index in [1.54, 1.807) is 6.07 Å². The Hall–Kier alpha value is -1.79. The van der Waals surface area contributed by atoms with Crippen LogP contribution in [0.3, 0.4) is 0 Å². The van der Waals surface area contributed by atoms with Crippen LogP contribution >= 0.6 is 0 Å². The third-order valence-corrected chi connectivity index (χ3v) is 6.31. The average molecular weight is 390 g/mol. The van der Waals surface area contributed by atoms with E-state index in [0.717, 1.165) is 25.9 Å². The fourth-order valence-electron chi connectivity index (χ4n) is 5.02. The smallest absolute Gasteiger partial charge is 0.407 e. The topological polar surface area (TPSA) is 65.0 Å². The van der Waals surface area contributed by atoms with E-state index in [4.69, 9.17) is 4.74 Å². The van der Waals surface area contributed by atoms with E-state index in [2.05, 4.69) is 42.2 Å². The second kappa shape index (κ2) is 7.56. The molecule has 1 aromatic rings. The molecule has 2 aliphatic rings. The lowest BCUT2D eigenvalue weighted by atomic mass is 9.61. The van der Waals surface area contributed by atoms with Crippen LogP contribution in [0.5, 0.6) is 5.75 Å². The number of ether oxygens (including phenoxy) is 1. The van der Waals surface area contributed by atoms with Crippen LogP contribution in [0.15, 0.2) is 18.2 Å². The first-order chi connectivity index (χ1) is 13.0. The zero-order chi connectivity index (χ0) is 20.7. The highest BCUT2D eigenvalue weighted by molar-refractivity contribution is 5.67. The molecule has 1 aliphatic heterocycles. The standard InChI is InChI=1S/C22H35N3O3/c1-21(2,3)28-20(27)23-10-12-25(6)19-18-13-15-7-8-16(26)14-17(15)22(19,4)9-11-24(18)5/h7-8,14,18-19,26H,9-13H2,1-6H3,(H,23,27). The molecular formula is C22H35N3O3. The Balaban J connectivity index is 1.74. The minimum atomic E-state index is -0.488.